The number of pyridine rings is 1. The van der Waals surface area contributed by atoms with E-state index >= 15 is 0 Å². The van der Waals surface area contributed by atoms with Crippen molar-refractivity contribution >= 4 is 0 Å². The number of hydrogen-bond acceptors (Lipinski definition) is 2. The molecule has 0 aliphatic carbocycles. The maximum atomic E-state index is 9.81. The van der Waals surface area contributed by atoms with Gasteiger partial charge in [0, 0.05) is 12.4 Å². The summed E-state index contributed by atoms with van der Waals surface area (Å²) in [4.78, 5) is 3.98. The first-order valence-electron chi connectivity index (χ1n) is 6.25. The Morgan fingerprint density at radius 1 is 1.12 bits per heavy atom. The van der Waals surface area contributed by atoms with Crippen LogP contribution in [0.2, 0.25) is 0 Å². The highest BCUT2D eigenvalue weighted by atomic mass is 16.3. The molecule has 2 nitrogen and oxygen atoms in total. The van der Waals surface area contributed by atoms with E-state index in [1.807, 2.05) is 12.1 Å². The van der Waals surface area contributed by atoms with Gasteiger partial charge in [-0.05, 0) is 42.9 Å². The number of aromatic nitrogens is 1. The predicted octanol–water partition coefficient (Wildman–Crippen LogP) is 3.20. The highest BCUT2D eigenvalue weighted by Gasteiger charge is 2.05. The molecule has 90 valence electrons. The van der Waals surface area contributed by atoms with E-state index in [0.717, 1.165) is 31.6 Å². The second-order valence-corrected chi connectivity index (χ2v) is 4.87. The standard InChI is InChI=1S/C14H23NO/c1-12(2)4-3-5-14(16)7-6-13-8-10-15-11-9-13/h8-12,14,16H,3-7H2,1-2H3. The monoisotopic (exact) mass is 221 g/mol. The van der Waals surface area contributed by atoms with Crippen LogP contribution in [-0.4, -0.2) is 16.2 Å². The SMILES string of the molecule is CC(C)CCCC(O)CCc1ccncc1. The van der Waals surface area contributed by atoms with Crippen molar-refractivity contribution in [3.63, 3.8) is 0 Å². The molecule has 0 amide bonds. The third-order valence-electron chi connectivity index (χ3n) is 2.83. The average molecular weight is 221 g/mol. The van der Waals surface area contributed by atoms with Gasteiger partial charge in [0.1, 0.15) is 0 Å². The van der Waals surface area contributed by atoms with Gasteiger partial charge in [0.15, 0.2) is 0 Å². The Morgan fingerprint density at radius 3 is 2.44 bits per heavy atom. The lowest BCUT2D eigenvalue weighted by Gasteiger charge is -2.11. The molecule has 1 aromatic rings. The molecule has 16 heavy (non-hydrogen) atoms. The van der Waals surface area contributed by atoms with Crippen LogP contribution in [0.15, 0.2) is 24.5 Å². The lowest BCUT2D eigenvalue weighted by molar-refractivity contribution is 0.150. The van der Waals surface area contributed by atoms with Crippen LogP contribution in [0, 0.1) is 5.92 Å². The highest BCUT2D eigenvalue weighted by Crippen LogP contribution is 2.12. The van der Waals surface area contributed by atoms with Gasteiger partial charge in [-0.15, -0.1) is 0 Å². The second kappa shape index (κ2) is 7.39. The minimum atomic E-state index is -0.146. The summed E-state index contributed by atoms with van der Waals surface area (Å²) in [7, 11) is 0. The number of aliphatic hydroxyl groups excluding tert-OH is 1. The van der Waals surface area contributed by atoms with Crippen LogP contribution in [0.25, 0.3) is 0 Å². The predicted molar refractivity (Wildman–Crippen MR) is 67.3 cm³/mol. The van der Waals surface area contributed by atoms with Gasteiger partial charge in [-0.2, -0.15) is 0 Å². The lowest BCUT2D eigenvalue weighted by atomic mass is 10.0. The van der Waals surface area contributed by atoms with E-state index in [9.17, 15) is 5.11 Å². The van der Waals surface area contributed by atoms with Crippen molar-refractivity contribution < 1.29 is 5.11 Å². The molecule has 0 aromatic carbocycles. The second-order valence-electron chi connectivity index (χ2n) is 4.87. The Balaban J connectivity index is 2.13. The van der Waals surface area contributed by atoms with E-state index in [4.69, 9.17) is 0 Å². The van der Waals surface area contributed by atoms with Crippen LogP contribution in [0.3, 0.4) is 0 Å². The summed E-state index contributed by atoms with van der Waals surface area (Å²) < 4.78 is 0. The third kappa shape index (κ3) is 5.86. The van der Waals surface area contributed by atoms with Crippen molar-refractivity contribution in [1.29, 1.82) is 0 Å². The first kappa shape index (κ1) is 13.2. The Hall–Kier alpha value is -0.890. The van der Waals surface area contributed by atoms with E-state index in [-0.39, 0.29) is 6.10 Å². The zero-order chi connectivity index (χ0) is 11.8. The molecule has 0 saturated heterocycles. The lowest BCUT2D eigenvalue weighted by Crippen LogP contribution is -2.08. The summed E-state index contributed by atoms with van der Waals surface area (Å²) in [6.45, 7) is 4.45. The van der Waals surface area contributed by atoms with E-state index in [0.29, 0.717) is 0 Å². The minimum Gasteiger partial charge on any atom is -0.393 e. The molecule has 2 heteroatoms. The van der Waals surface area contributed by atoms with Crippen molar-refractivity contribution in [2.45, 2.75) is 52.1 Å². The summed E-state index contributed by atoms with van der Waals surface area (Å²) in [5.74, 6) is 0.743. The molecule has 1 heterocycles. The van der Waals surface area contributed by atoms with Gasteiger partial charge < -0.3 is 5.11 Å². The van der Waals surface area contributed by atoms with E-state index < -0.39 is 0 Å². The van der Waals surface area contributed by atoms with Gasteiger partial charge in [-0.25, -0.2) is 0 Å². The van der Waals surface area contributed by atoms with Crippen molar-refractivity contribution in [2.75, 3.05) is 0 Å². The van der Waals surface area contributed by atoms with Crippen molar-refractivity contribution in [3.8, 4) is 0 Å². The Morgan fingerprint density at radius 2 is 1.81 bits per heavy atom. The summed E-state index contributed by atoms with van der Waals surface area (Å²) in [6, 6.07) is 4.03. The fraction of sp³-hybridized carbons (Fsp3) is 0.643. The van der Waals surface area contributed by atoms with Crippen molar-refractivity contribution in [3.05, 3.63) is 30.1 Å². The molecule has 0 bridgehead atoms. The van der Waals surface area contributed by atoms with Crippen LogP contribution < -0.4 is 0 Å². The molecule has 0 saturated carbocycles. The fourth-order valence-corrected chi connectivity index (χ4v) is 1.79. The molecular formula is C14H23NO. The zero-order valence-corrected chi connectivity index (χ0v) is 10.4. The van der Waals surface area contributed by atoms with Crippen LogP contribution in [0.1, 0.15) is 45.1 Å². The van der Waals surface area contributed by atoms with E-state index in [2.05, 4.69) is 18.8 Å². The molecule has 0 radical (unpaired) electrons. The molecule has 0 aliphatic rings. The van der Waals surface area contributed by atoms with E-state index in [1.165, 1.54) is 12.0 Å². The smallest absolute Gasteiger partial charge is 0.0543 e. The molecule has 0 fully saturated rings. The molecule has 1 N–H and O–H groups in total. The van der Waals surface area contributed by atoms with Gasteiger partial charge in [-0.1, -0.05) is 26.7 Å². The Labute approximate surface area is 98.7 Å². The Bertz CT molecular complexity index is 271. The molecule has 1 aromatic heterocycles. The maximum Gasteiger partial charge on any atom is 0.0543 e. The average Bonchev–Trinajstić information content (AvgIpc) is 2.27. The van der Waals surface area contributed by atoms with Crippen LogP contribution in [0.5, 0.6) is 0 Å². The van der Waals surface area contributed by atoms with Gasteiger partial charge in [0.05, 0.1) is 6.10 Å². The van der Waals surface area contributed by atoms with Crippen LogP contribution in [0.4, 0.5) is 0 Å². The van der Waals surface area contributed by atoms with Crippen LogP contribution in [-0.2, 0) is 6.42 Å². The third-order valence-corrected chi connectivity index (χ3v) is 2.83. The molecule has 0 aliphatic heterocycles. The first-order valence-corrected chi connectivity index (χ1v) is 6.25. The summed E-state index contributed by atoms with van der Waals surface area (Å²) in [5, 5.41) is 9.81. The topological polar surface area (TPSA) is 33.1 Å². The van der Waals surface area contributed by atoms with Crippen molar-refractivity contribution in [2.24, 2.45) is 5.92 Å². The number of nitrogens with zero attached hydrogens (tertiary/aromatic N) is 1. The van der Waals surface area contributed by atoms with Crippen LogP contribution >= 0.6 is 0 Å². The summed E-state index contributed by atoms with van der Waals surface area (Å²) in [5.41, 5.74) is 1.26. The van der Waals surface area contributed by atoms with E-state index in [1.54, 1.807) is 12.4 Å². The van der Waals surface area contributed by atoms with Gasteiger partial charge in [0.2, 0.25) is 0 Å². The number of aryl methyl sites for hydroxylation is 1. The molecule has 0 spiro atoms. The largest absolute Gasteiger partial charge is 0.393 e. The Kier molecular flexibility index (Phi) is 6.09. The molecule has 1 atom stereocenters. The normalized spacial score (nSPS) is 13.0. The minimum absolute atomic E-state index is 0.146. The fourth-order valence-electron chi connectivity index (χ4n) is 1.79. The zero-order valence-electron chi connectivity index (χ0n) is 10.4. The number of hydrogen-bond donors (Lipinski definition) is 1. The van der Waals surface area contributed by atoms with Gasteiger partial charge in [-0.3, -0.25) is 4.98 Å². The van der Waals surface area contributed by atoms with Gasteiger partial charge in [0.25, 0.3) is 0 Å². The summed E-state index contributed by atoms with van der Waals surface area (Å²) >= 11 is 0. The van der Waals surface area contributed by atoms with Crippen molar-refractivity contribution in [1.82, 2.24) is 4.98 Å². The molecular weight excluding hydrogens is 198 g/mol. The number of rotatable bonds is 7. The molecule has 1 unspecified atom stereocenters. The van der Waals surface area contributed by atoms with Gasteiger partial charge >= 0.3 is 0 Å². The quantitative estimate of drug-likeness (QED) is 0.767. The molecule has 1 rings (SSSR count). The first-order chi connectivity index (χ1) is 7.68. The highest BCUT2D eigenvalue weighted by molar-refractivity contribution is 5.09. The summed E-state index contributed by atoms with van der Waals surface area (Å²) in [6.07, 6.45) is 8.56. The maximum absolute atomic E-state index is 9.81. The number of aliphatic hydroxyl groups is 1.